The minimum atomic E-state index is -0.283. The van der Waals surface area contributed by atoms with Gasteiger partial charge in [-0.15, -0.1) is 10.2 Å². The summed E-state index contributed by atoms with van der Waals surface area (Å²) in [6.07, 6.45) is 2.57. The van der Waals surface area contributed by atoms with Gasteiger partial charge >= 0.3 is 0 Å². The van der Waals surface area contributed by atoms with E-state index in [-0.39, 0.29) is 23.1 Å². The molecule has 2 heterocycles. The molecule has 0 saturated carbocycles. The molecular formula is C18H24N6OS. The van der Waals surface area contributed by atoms with E-state index in [4.69, 9.17) is 0 Å². The molecule has 0 fully saturated rings. The number of H-pyrrole nitrogens is 1. The Bertz CT molecular complexity index is 856. The summed E-state index contributed by atoms with van der Waals surface area (Å²) in [5.74, 6) is 1.01. The molecule has 2 N–H and O–H groups in total. The summed E-state index contributed by atoms with van der Waals surface area (Å²) in [4.78, 5) is 20.8. The molecule has 0 radical (unpaired) electrons. The molecule has 0 spiro atoms. The maximum absolute atomic E-state index is 12.8. The molecule has 0 saturated heterocycles. The number of nitrogens with zero attached hydrogens (tertiary/aromatic N) is 4. The van der Waals surface area contributed by atoms with Crippen LogP contribution in [0.5, 0.6) is 0 Å². The van der Waals surface area contributed by atoms with Crippen molar-refractivity contribution in [2.75, 3.05) is 0 Å². The van der Waals surface area contributed by atoms with E-state index in [2.05, 4.69) is 39.3 Å². The second kappa shape index (κ2) is 7.90. The van der Waals surface area contributed by atoms with Crippen LogP contribution in [-0.4, -0.2) is 35.9 Å². The zero-order chi connectivity index (χ0) is 18.7. The Morgan fingerprint density at radius 1 is 1.35 bits per heavy atom. The van der Waals surface area contributed by atoms with Gasteiger partial charge < -0.3 is 14.9 Å². The van der Waals surface area contributed by atoms with Crippen molar-refractivity contribution >= 4 is 28.7 Å². The first-order chi connectivity index (χ1) is 12.5. The second-order valence-corrected chi connectivity index (χ2v) is 7.80. The number of hydrogen-bond acceptors (Lipinski definition) is 5. The highest BCUT2D eigenvalue weighted by molar-refractivity contribution is 8.00. The number of nitrogens with one attached hydrogen (secondary N) is 2. The quantitative estimate of drug-likeness (QED) is 0.622. The molecule has 1 aromatic carbocycles. The Hall–Kier alpha value is -2.35. The van der Waals surface area contributed by atoms with Crippen LogP contribution >= 0.6 is 11.8 Å². The number of thioether (sulfide) groups is 1. The van der Waals surface area contributed by atoms with Crippen LogP contribution in [0.25, 0.3) is 11.0 Å². The number of para-hydroxylation sites is 2. The number of amides is 1. The van der Waals surface area contributed by atoms with Crippen LogP contribution < -0.4 is 5.32 Å². The summed E-state index contributed by atoms with van der Waals surface area (Å²) in [6.45, 7) is 6.11. The number of aryl methyl sites for hydroxylation is 1. The van der Waals surface area contributed by atoms with Gasteiger partial charge in [-0.1, -0.05) is 44.2 Å². The van der Waals surface area contributed by atoms with Crippen LogP contribution in [-0.2, 0) is 11.8 Å². The van der Waals surface area contributed by atoms with Crippen LogP contribution in [0.1, 0.15) is 39.1 Å². The van der Waals surface area contributed by atoms with Gasteiger partial charge in [-0.3, -0.25) is 4.79 Å². The zero-order valence-electron chi connectivity index (χ0n) is 15.4. The Kier molecular flexibility index (Phi) is 5.61. The summed E-state index contributed by atoms with van der Waals surface area (Å²) in [6, 6.07) is 7.73. The Labute approximate surface area is 157 Å². The van der Waals surface area contributed by atoms with Gasteiger partial charge in [0.1, 0.15) is 12.2 Å². The fourth-order valence-corrected chi connectivity index (χ4v) is 3.50. The SMILES string of the molecule is CC[C@H](C)[C@H](NC(=O)[C@H](C)Sc1nncn1C)c1nc2ccccc2[nH]1. The molecule has 3 aromatic rings. The first-order valence-electron chi connectivity index (χ1n) is 8.75. The first kappa shape index (κ1) is 18.4. The summed E-state index contributed by atoms with van der Waals surface area (Å²) in [7, 11) is 1.86. The maximum atomic E-state index is 12.8. The lowest BCUT2D eigenvalue weighted by Crippen LogP contribution is -2.37. The van der Waals surface area contributed by atoms with Gasteiger partial charge in [-0.25, -0.2) is 4.98 Å². The van der Waals surface area contributed by atoms with E-state index < -0.39 is 0 Å². The Morgan fingerprint density at radius 2 is 2.12 bits per heavy atom. The standard InChI is InChI=1S/C18H24N6OS/c1-5-11(2)15(16-20-13-8-6-7-9-14(13)21-16)22-17(25)12(3)26-18-23-19-10-24(18)4/h6-12,15H,5H2,1-4H3,(H,20,21)(H,22,25)/t11-,12-,15-/m0/s1. The number of fused-ring (bicyclic) bond motifs is 1. The lowest BCUT2D eigenvalue weighted by atomic mass is 9.98. The van der Waals surface area contributed by atoms with Crippen LogP contribution in [0.15, 0.2) is 35.7 Å². The molecule has 138 valence electrons. The molecule has 0 aliphatic carbocycles. The summed E-state index contributed by atoms with van der Waals surface area (Å²) in [5.41, 5.74) is 1.89. The van der Waals surface area contributed by atoms with E-state index in [1.807, 2.05) is 38.2 Å². The molecular weight excluding hydrogens is 348 g/mol. The summed E-state index contributed by atoms with van der Waals surface area (Å²) < 4.78 is 1.81. The number of aromatic nitrogens is 5. The highest BCUT2D eigenvalue weighted by Gasteiger charge is 2.26. The van der Waals surface area contributed by atoms with Gasteiger partial charge in [-0.05, 0) is 25.0 Å². The predicted octanol–water partition coefficient (Wildman–Crippen LogP) is 3.08. The van der Waals surface area contributed by atoms with Crippen molar-refractivity contribution in [3.63, 3.8) is 0 Å². The Balaban J connectivity index is 1.77. The van der Waals surface area contributed by atoms with Crippen molar-refractivity contribution in [2.45, 2.75) is 43.6 Å². The van der Waals surface area contributed by atoms with Gasteiger partial charge in [-0.2, -0.15) is 0 Å². The highest BCUT2D eigenvalue weighted by Crippen LogP contribution is 2.26. The number of rotatable bonds is 7. The number of hydrogen-bond donors (Lipinski definition) is 2. The van der Waals surface area contributed by atoms with E-state index in [9.17, 15) is 4.79 Å². The molecule has 3 rings (SSSR count). The van der Waals surface area contributed by atoms with Gasteiger partial charge in [0.2, 0.25) is 5.91 Å². The van der Waals surface area contributed by atoms with Crippen molar-refractivity contribution in [1.29, 1.82) is 0 Å². The molecule has 7 nitrogen and oxygen atoms in total. The molecule has 3 atom stereocenters. The van der Waals surface area contributed by atoms with Crippen molar-refractivity contribution in [1.82, 2.24) is 30.0 Å². The number of benzene rings is 1. The van der Waals surface area contributed by atoms with Crippen molar-refractivity contribution in [2.24, 2.45) is 13.0 Å². The van der Waals surface area contributed by atoms with Gasteiger partial charge in [0.25, 0.3) is 0 Å². The molecule has 1 amide bonds. The van der Waals surface area contributed by atoms with Gasteiger partial charge in [0.05, 0.1) is 22.3 Å². The van der Waals surface area contributed by atoms with Crippen molar-refractivity contribution in [3.8, 4) is 0 Å². The number of imidazole rings is 1. The molecule has 0 aliphatic heterocycles. The minimum Gasteiger partial charge on any atom is -0.345 e. The third-order valence-corrected chi connectivity index (χ3v) is 5.68. The maximum Gasteiger partial charge on any atom is 0.233 e. The van der Waals surface area contributed by atoms with Crippen LogP contribution in [0, 0.1) is 5.92 Å². The minimum absolute atomic E-state index is 0.0382. The predicted molar refractivity (Wildman–Crippen MR) is 103 cm³/mol. The Morgan fingerprint density at radius 3 is 2.77 bits per heavy atom. The molecule has 2 aromatic heterocycles. The molecule has 8 heteroatoms. The van der Waals surface area contributed by atoms with Crippen LogP contribution in [0.4, 0.5) is 0 Å². The summed E-state index contributed by atoms with van der Waals surface area (Å²) >= 11 is 1.39. The van der Waals surface area contributed by atoms with Crippen molar-refractivity contribution in [3.05, 3.63) is 36.4 Å². The molecule has 0 aliphatic rings. The van der Waals surface area contributed by atoms with Crippen molar-refractivity contribution < 1.29 is 4.79 Å². The normalized spacial score (nSPS) is 14.9. The fourth-order valence-electron chi connectivity index (χ4n) is 2.70. The zero-order valence-corrected chi connectivity index (χ0v) is 16.2. The van der Waals surface area contributed by atoms with Gasteiger partial charge in [0.15, 0.2) is 5.16 Å². The monoisotopic (exact) mass is 372 g/mol. The average Bonchev–Trinajstić information content (AvgIpc) is 3.24. The molecule has 0 unspecified atom stereocenters. The lowest BCUT2D eigenvalue weighted by molar-refractivity contribution is -0.121. The van der Waals surface area contributed by atoms with E-state index >= 15 is 0 Å². The second-order valence-electron chi connectivity index (χ2n) is 6.50. The highest BCUT2D eigenvalue weighted by atomic mass is 32.2. The number of carbonyl (C=O) groups excluding carboxylic acids is 1. The van der Waals surface area contributed by atoms with Crippen LogP contribution in [0.3, 0.4) is 0 Å². The molecule has 0 bridgehead atoms. The smallest absolute Gasteiger partial charge is 0.233 e. The van der Waals surface area contributed by atoms with E-state index in [0.29, 0.717) is 0 Å². The van der Waals surface area contributed by atoms with Gasteiger partial charge in [0, 0.05) is 7.05 Å². The topological polar surface area (TPSA) is 88.5 Å². The molecule has 26 heavy (non-hydrogen) atoms. The average molecular weight is 372 g/mol. The third kappa shape index (κ3) is 3.90. The number of carbonyl (C=O) groups is 1. The summed E-state index contributed by atoms with van der Waals surface area (Å²) in [5, 5.41) is 11.5. The third-order valence-electron chi connectivity index (χ3n) is 4.53. The van der Waals surface area contributed by atoms with E-state index in [1.165, 1.54) is 11.8 Å². The lowest BCUT2D eigenvalue weighted by Gasteiger charge is -2.24. The fraction of sp³-hybridized carbons (Fsp3) is 0.444. The largest absolute Gasteiger partial charge is 0.345 e. The van der Waals surface area contributed by atoms with E-state index in [1.54, 1.807) is 10.9 Å². The van der Waals surface area contributed by atoms with Crippen LogP contribution in [0.2, 0.25) is 0 Å². The van der Waals surface area contributed by atoms with E-state index in [0.717, 1.165) is 28.4 Å². The first-order valence-corrected chi connectivity index (χ1v) is 9.63. The number of aromatic amines is 1.